The molecular weight excluding hydrogens is 161 g/mol. The zero-order valence-corrected chi connectivity index (χ0v) is 6.49. The first-order valence-electron chi connectivity index (χ1n) is 3.14. The minimum Gasteiger partial charge on any atom is -0.241 e. The van der Waals surface area contributed by atoms with Crippen molar-refractivity contribution in [2.24, 2.45) is 0 Å². The average molecular weight is 166 g/mol. The fourth-order valence-electron chi connectivity index (χ4n) is 0.948. The number of hydrogen-bond acceptors (Lipinski definition) is 2. The third kappa shape index (κ3) is 1.12. The van der Waals surface area contributed by atoms with Crippen LogP contribution in [0.4, 0.5) is 4.39 Å². The van der Waals surface area contributed by atoms with Gasteiger partial charge in [0.1, 0.15) is 5.82 Å². The van der Waals surface area contributed by atoms with E-state index in [4.69, 9.17) is 0 Å². The molecule has 0 N–H and O–H groups in total. The lowest BCUT2D eigenvalue weighted by Crippen LogP contribution is -1.72. The van der Waals surface area contributed by atoms with Crippen molar-refractivity contribution in [3.8, 4) is 0 Å². The van der Waals surface area contributed by atoms with Crippen molar-refractivity contribution in [3.05, 3.63) is 35.9 Å². The highest BCUT2D eigenvalue weighted by Crippen LogP contribution is 2.21. The standard InChI is InChI=1S/C8H5FNS/c1-5-10-7-4-6(9)2-3-8(7)11-5/h2-4H,1H2. The zero-order chi connectivity index (χ0) is 7.84. The van der Waals surface area contributed by atoms with E-state index in [0.29, 0.717) is 5.52 Å². The second kappa shape index (κ2) is 2.27. The summed E-state index contributed by atoms with van der Waals surface area (Å²) in [5, 5.41) is 0.727. The van der Waals surface area contributed by atoms with Crippen LogP contribution < -0.4 is 0 Å². The normalized spacial score (nSPS) is 10.7. The smallest absolute Gasteiger partial charge is 0.125 e. The van der Waals surface area contributed by atoms with E-state index in [9.17, 15) is 4.39 Å². The molecule has 0 aliphatic heterocycles. The highest BCUT2D eigenvalue weighted by atomic mass is 32.1. The van der Waals surface area contributed by atoms with Gasteiger partial charge in [-0.1, -0.05) is 0 Å². The number of aromatic nitrogens is 1. The summed E-state index contributed by atoms with van der Waals surface area (Å²) in [5.74, 6) is -0.247. The topological polar surface area (TPSA) is 12.9 Å². The molecule has 0 saturated carbocycles. The average Bonchev–Trinajstić information content (AvgIpc) is 2.27. The van der Waals surface area contributed by atoms with Gasteiger partial charge in [0.2, 0.25) is 0 Å². The van der Waals surface area contributed by atoms with E-state index in [-0.39, 0.29) is 5.82 Å². The molecule has 1 aromatic heterocycles. The Morgan fingerprint density at radius 2 is 2.27 bits per heavy atom. The molecule has 0 fully saturated rings. The van der Waals surface area contributed by atoms with Gasteiger partial charge in [-0.05, 0) is 12.1 Å². The quantitative estimate of drug-likeness (QED) is 0.586. The summed E-state index contributed by atoms with van der Waals surface area (Å²) in [5.41, 5.74) is 0.694. The van der Waals surface area contributed by atoms with Gasteiger partial charge in [0.25, 0.3) is 0 Å². The predicted molar refractivity (Wildman–Crippen MR) is 44.0 cm³/mol. The van der Waals surface area contributed by atoms with Crippen molar-refractivity contribution in [1.29, 1.82) is 0 Å². The van der Waals surface area contributed by atoms with E-state index < -0.39 is 0 Å². The Morgan fingerprint density at radius 3 is 3.09 bits per heavy atom. The Labute approximate surface area is 67.5 Å². The maximum absolute atomic E-state index is 12.6. The van der Waals surface area contributed by atoms with Crippen LogP contribution in [0.2, 0.25) is 0 Å². The van der Waals surface area contributed by atoms with E-state index in [1.54, 1.807) is 6.07 Å². The van der Waals surface area contributed by atoms with E-state index in [0.717, 1.165) is 9.71 Å². The van der Waals surface area contributed by atoms with Crippen LogP contribution in [-0.2, 0) is 0 Å². The summed E-state index contributed by atoms with van der Waals surface area (Å²) in [7, 11) is 0. The number of benzene rings is 1. The van der Waals surface area contributed by atoms with Crippen LogP contribution in [-0.4, -0.2) is 4.98 Å². The molecule has 0 atom stereocenters. The molecule has 3 heteroatoms. The van der Waals surface area contributed by atoms with Gasteiger partial charge in [-0.2, -0.15) is 0 Å². The van der Waals surface area contributed by atoms with Crippen LogP contribution in [0.1, 0.15) is 5.01 Å². The number of halogens is 1. The summed E-state index contributed by atoms with van der Waals surface area (Å²) < 4.78 is 13.6. The van der Waals surface area contributed by atoms with Gasteiger partial charge in [0, 0.05) is 13.0 Å². The highest BCUT2D eigenvalue weighted by molar-refractivity contribution is 7.18. The minimum absolute atomic E-state index is 0.247. The lowest BCUT2D eigenvalue weighted by molar-refractivity contribution is 0.629. The Balaban J connectivity index is 2.82. The number of hydrogen-bond donors (Lipinski definition) is 0. The summed E-state index contributed by atoms with van der Waals surface area (Å²) in [6.45, 7) is 3.67. The summed E-state index contributed by atoms with van der Waals surface area (Å²) in [4.78, 5) is 4.04. The second-order valence-corrected chi connectivity index (χ2v) is 3.33. The van der Waals surface area contributed by atoms with Crippen molar-refractivity contribution in [2.45, 2.75) is 0 Å². The van der Waals surface area contributed by atoms with E-state index in [1.165, 1.54) is 23.5 Å². The SMILES string of the molecule is [CH2]c1nc2cc(F)ccc2s1. The largest absolute Gasteiger partial charge is 0.241 e. The number of rotatable bonds is 0. The summed E-state index contributed by atoms with van der Waals surface area (Å²) in [6.07, 6.45) is 0. The molecule has 2 aromatic rings. The molecule has 1 aromatic carbocycles. The van der Waals surface area contributed by atoms with Crippen LogP contribution in [0.5, 0.6) is 0 Å². The van der Waals surface area contributed by atoms with Gasteiger partial charge in [-0.3, -0.25) is 0 Å². The van der Waals surface area contributed by atoms with E-state index >= 15 is 0 Å². The number of nitrogens with zero attached hydrogens (tertiary/aromatic N) is 1. The highest BCUT2D eigenvalue weighted by Gasteiger charge is 1.99. The Kier molecular flexibility index (Phi) is 1.39. The molecule has 1 radical (unpaired) electrons. The number of fused-ring (bicyclic) bond motifs is 1. The van der Waals surface area contributed by atoms with Crippen molar-refractivity contribution in [3.63, 3.8) is 0 Å². The van der Waals surface area contributed by atoms with Gasteiger partial charge >= 0.3 is 0 Å². The maximum atomic E-state index is 12.6. The van der Waals surface area contributed by atoms with Gasteiger partial charge in [-0.25, -0.2) is 9.37 Å². The maximum Gasteiger partial charge on any atom is 0.125 e. The van der Waals surface area contributed by atoms with Crippen molar-refractivity contribution in [1.82, 2.24) is 4.98 Å². The lowest BCUT2D eigenvalue weighted by atomic mass is 10.3. The van der Waals surface area contributed by atoms with E-state index in [2.05, 4.69) is 11.9 Å². The number of thiazole rings is 1. The van der Waals surface area contributed by atoms with Crippen LogP contribution in [0.3, 0.4) is 0 Å². The Morgan fingerprint density at radius 1 is 1.45 bits per heavy atom. The molecule has 1 heterocycles. The second-order valence-electron chi connectivity index (χ2n) is 2.22. The molecule has 55 valence electrons. The molecule has 2 rings (SSSR count). The van der Waals surface area contributed by atoms with Crippen LogP contribution in [0.25, 0.3) is 10.2 Å². The Bertz CT molecular complexity index is 394. The lowest BCUT2D eigenvalue weighted by Gasteiger charge is -1.85. The van der Waals surface area contributed by atoms with Gasteiger partial charge < -0.3 is 0 Å². The van der Waals surface area contributed by atoms with Gasteiger partial charge in [0.05, 0.1) is 15.2 Å². The fourth-order valence-corrected chi connectivity index (χ4v) is 1.69. The summed E-state index contributed by atoms with van der Waals surface area (Å²) in [6, 6.07) is 4.57. The first-order valence-corrected chi connectivity index (χ1v) is 3.95. The third-order valence-corrected chi connectivity index (χ3v) is 2.29. The van der Waals surface area contributed by atoms with Gasteiger partial charge in [-0.15, -0.1) is 11.3 Å². The molecule has 0 aliphatic rings. The van der Waals surface area contributed by atoms with Crippen molar-refractivity contribution >= 4 is 21.6 Å². The summed E-state index contributed by atoms with van der Waals surface area (Å²) >= 11 is 1.47. The first-order chi connectivity index (χ1) is 5.25. The molecule has 0 amide bonds. The minimum atomic E-state index is -0.247. The van der Waals surface area contributed by atoms with Crippen LogP contribution in [0, 0.1) is 12.7 Å². The fraction of sp³-hybridized carbons (Fsp3) is 0. The zero-order valence-electron chi connectivity index (χ0n) is 5.67. The molecule has 0 bridgehead atoms. The van der Waals surface area contributed by atoms with Crippen molar-refractivity contribution < 1.29 is 4.39 Å². The molecular formula is C8H5FNS. The molecule has 0 unspecified atom stereocenters. The van der Waals surface area contributed by atoms with Crippen molar-refractivity contribution in [2.75, 3.05) is 0 Å². The van der Waals surface area contributed by atoms with E-state index in [1.807, 2.05) is 0 Å². The molecule has 11 heavy (non-hydrogen) atoms. The molecule has 1 nitrogen and oxygen atoms in total. The Hall–Kier alpha value is -0.960. The predicted octanol–water partition coefficient (Wildman–Crippen LogP) is 2.62. The molecule has 0 spiro atoms. The van der Waals surface area contributed by atoms with Gasteiger partial charge in [0.15, 0.2) is 0 Å². The monoisotopic (exact) mass is 166 g/mol. The molecule has 0 saturated heterocycles. The molecule has 0 aliphatic carbocycles. The third-order valence-electron chi connectivity index (χ3n) is 1.39. The first kappa shape index (κ1) is 6.73. The van der Waals surface area contributed by atoms with Crippen LogP contribution >= 0.6 is 11.3 Å². The van der Waals surface area contributed by atoms with Crippen LogP contribution in [0.15, 0.2) is 18.2 Å².